The molecular weight excluding hydrogens is 728 g/mol. The van der Waals surface area contributed by atoms with E-state index < -0.39 is 50.1 Å². The number of alkyl halides is 7. The first-order chi connectivity index (χ1) is 20.5. The summed E-state index contributed by atoms with van der Waals surface area (Å²) in [6.45, 7) is -0.0770. The first kappa shape index (κ1) is 32.2. The quantitative estimate of drug-likeness (QED) is 0.205. The molecule has 1 heterocycles. The fraction of sp³-hybridized carbons (Fsp3) is 0.333. The van der Waals surface area contributed by atoms with E-state index in [-0.39, 0.29) is 53.8 Å². The summed E-state index contributed by atoms with van der Waals surface area (Å²) in [6, 6.07) is 14.5. The van der Waals surface area contributed by atoms with Crippen molar-refractivity contribution < 1.29 is 43.9 Å². The smallest absolute Gasteiger partial charge is 0.334 e. The molecule has 1 amide bonds. The number of likely N-dealkylation sites (tertiary alicyclic amines) is 1. The Bertz CT molecular complexity index is 1740. The summed E-state index contributed by atoms with van der Waals surface area (Å²) < 4.78 is 124. The number of rotatable bonds is 5. The summed E-state index contributed by atoms with van der Waals surface area (Å²) >= 11 is 1.97. The van der Waals surface area contributed by atoms with Crippen LogP contribution < -0.4 is 0 Å². The molecule has 5 rings (SSSR count). The Labute approximate surface area is 261 Å². The van der Waals surface area contributed by atoms with Gasteiger partial charge in [-0.2, -0.15) is 31.6 Å². The van der Waals surface area contributed by atoms with Crippen LogP contribution in [0.1, 0.15) is 45.5 Å². The average molecular weight is 750 g/mol. The van der Waals surface area contributed by atoms with Crippen molar-refractivity contribution in [2.75, 3.05) is 6.54 Å². The second-order valence-corrected chi connectivity index (χ2v) is 14.2. The third-order valence-electron chi connectivity index (χ3n) is 8.41. The molecule has 0 radical (unpaired) electrons. The van der Waals surface area contributed by atoms with Gasteiger partial charge in [-0.15, -0.1) is 0 Å². The zero-order chi connectivity index (χ0) is 32.3. The summed E-state index contributed by atoms with van der Waals surface area (Å²) in [6.07, 6.45) is -13.1. The second-order valence-electron chi connectivity index (χ2n) is 10.7. The van der Waals surface area contributed by atoms with E-state index in [2.05, 4.69) is 0 Å². The summed E-state index contributed by atoms with van der Waals surface area (Å²) in [5.74, 6) is -0.518. The van der Waals surface area contributed by atoms with E-state index >= 15 is 4.39 Å². The predicted octanol–water partition coefficient (Wildman–Crippen LogP) is 7.18. The van der Waals surface area contributed by atoms with Gasteiger partial charge < -0.3 is 4.90 Å². The van der Waals surface area contributed by atoms with E-state index in [1.54, 1.807) is 12.1 Å². The van der Waals surface area contributed by atoms with E-state index in [0.29, 0.717) is 21.3 Å². The van der Waals surface area contributed by atoms with Crippen molar-refractivity contribution in [3.63, 3.8) is 0 Å². The maximum atomic E-state index is 15.0. The van der Waals surface area contributed by atoms with Gasteiger partial charge in [-0.3, -0.25) is 4.79 Å². The third-order valence-corrected chi connectivity index (χ3v) is 11.7. The Morgan fingerprint density at radius 1 is 0.955 bits per heavy atom. The van der Waals surface area contributed by atoms with Gasteiger partial charge in [0.15, 0.2) is 9.84 Å². The van der Waals surface area contributed by atoms with Crippen LogP contribution in [0.3, 0.4) is 0 Å². The molecule has 3 aromatic rings. The molecule has 2 aliphatic rings. The number of halogens is 8. The van der Waals surface area contributed by atoms with Gasteiger partial charge in [0.25, 0.3) is 5.91 Å². The van der Waals surface area contributed by atoms with E-state index in [9.17, 15) is 39.6 Å². The zero-order valence-corrected chi connectivity index (χ0v) is 25.5. The maximum Gasteiger partial charge on any atom is 0.435 e. The molecule has 1 saturated heterocycles. The van der Waals surface area contributed by atoms with Crippen molar-refractivity contribution >= 4 is 38.3 Å². The molecule has 5 nitrogen and oxygen atoms in total. The van der Waals surface area contributed by atoms with Crippen molar-refractivity contribution in [1.29, 1.82) is 5.26 Å². The van der Waals surface area contributed by atoms with Gasteiger partial charge in [0.2, 0.25) is 0 Å². The number of benzene rings is 3. The monoisotopic (exact) mass is 750 g/mol. The molecule has 232 valence electrons. The lowest BCUT2D eigenvalue weighted by Crippen LogP contribution is -2.53. The van der Waals surface area contributed by atoms with Gasteiger partial charge in [0, 0.05) is 21.2 Å². The predicted molar refractivity (Wildman–Crippen MR) is 153 cm³/mol. The summed E-state index contributed by atoms with van der Waals surface area (Å²) in [5, 5.41) is 8.92. The molecule has 0 aromatic heterocycles. The lowest BCUT2D eigenvalue weighted by atomic mass is 9.76. The number of sulfone groups is 1. The largest absolute Gasteiger partial charge is 0.435 e. The lowest BCUT2D eigenvalue weighted by molar-refractivity contribution is -0.348. The highest BCUT2D eigenvalue weighted by molar-refractivity contribution is 14.1. The van der Waals surface area contributed by atoms with Crippen molar-refractivity contribution in [2.24, 2.45) is 0 Å². The molecule has 0 bridgehead atoms. The number of carbonyl (C=O) groups excluding carboxylic acids is 1. The standard InChI is InChI=1S/C30H22F7IN2O3S/c31-28(29(32,33)34,30(35,36)37)21-6-11-24-20(17-21)5-12-25-27(24,44(42,43)23-9-7-22(38)8-10-23)14-16-40(25)26(41)19-3-1-18(2-4-19)13-15-39/h1-4,6-11,17,25H,5,12-14,16H2/t25-,27-/m1/s1. The molecule has 0 N–H and O–H groups in total. The number of amides is 1. The molecular formula is C30H22F7IN2O3S. The Morgan fingerprint density at radius 2 is 1.57 bits per heavy atom. The van der Waals surface area contributed by atoms with Gasteiger partial charge in [-0.05, 0) is 94.9 Å². The van der Waals surface area contributed by atoms with Crippen LogP contribution in [-0.4, -0.2) is 44.2 Å². The Hall–Kier alpha value is -3.19. The molecule has 0 saturated carbocycles. The Balaban J connectivity index is 1.67. The summed E-state index contributed by atoms with van der Waals surface area (Å²) in [4.78, 5) is 14.9. The summed E-state index contributed by atoms with van der Waals surface area (Å²) in [5.41, 5.74) is -6.73. The minimum absolute atomic E-state index is 0.0672. The Morgan fingerprint density at radius 3 is 2.14 bits per heavy atom. The first-order valence-corrected chi connectivity index (χ1v) is 15.8. The van der Waals surface area contributed by atoms with E-state index in [1.807, 2.05) is 28.7 Å². The zero-order valence-electron chi connectivity index (χ0n) is 22.5. The SMILES string of the molecule is N#CCc1ccc(C(=O)N2CC[C@@]3(S(=O)(=O)c4ccc(I)cc4)c4ccc(C(F)(C(F)(F)F)C(F)(F)F)cc4CC[C@@H]23)cc1. The second kappa shape index (κ2) is 11.0. The van der Waals surface area contributed by atoms with Gasteiger partial charge in [0.1, 0.15) is 4.75 Å². The van der Waals surface area contributed by atoms with Crippen LogP contribution in [0, 0.1) is 14.9 Å². The molecule has 0 spiro atoms. The molecule has 1 aliphatic carbocycles. The maximum absolute atomic E-state index is 15.0. The number of hydrogen-bond donors (Lipinski definition) is 0. The highest BCUT2D eigenvalue weighted by atomic mass is 127. The summed E-state index contributed by atoms with van der Waals surface area (Å²) in [7, 11) is -4.43. The average Bonchev–Trinajstić information content (AvgIpc) is 3.37. The van der Waals surface area contributed by atoms with E-state index in [4.69, 9.17) is 5.26 Å². The molecule has 1 fully saturated rings. The molecule has 2 atom stereocenters. The lowest BCUT2D eigenvalue weighted by Gasteiger charge is -2.43. The minimum atomic E-state index is -6.33. The fourth-order valence-electron chi connectivity index (χ4n) is 6.32. The van der Waals surface area contributed by atoms with Crippen LogP contribution in [0.5, 0.6) is 0 Å². The van der Waals surface area contributed by atoms with Crippen molar-refractivity contribution in [2.45, 2.75) is 59.4 Å². The molecule has 0 unspecified atom stereocenters. The van der Waals surface area contributed by atoms with Gasteiger partial charge in [0.05, 0.1) is 23.4 Å². The van der Waals surface area contributed by atoms with Crippen LogP contribution in [0.25, 0.3) is 0 Å². The number of nitrogens with zero attached hydrogens (tertiary/aromatic N) is 2. The number of nitriles is 1. The third kappa shape index (κ3) is 4.86. The van der Waals surface area contributed by atoms with Crippen LogP contribution in [-0.2, 0) is 33.1 Å². The fourth-order valence-corrected chi connectivity index (χ4v) is 9.05. The number of fused-ring (bicyclic) bond motifs is 3. The molecule has 1 aliphatic heterocycles. The van der Waals surface area contributed by atoms with Gasteiger partial charge in [-0.25, -0.2) is 12.8 Å². The van der Waals surface area contributed by atoms with Gasteiger partial charge >= 0.3 is 18.0 Å². The Kier molecular flexibility index (Phi) is 8.06. The van der Waals surface area contributed by atoms with Gasteiger partial charge in [-0.1, -0.05) is 30.3 Å². The molecule has 3 aromatic carbocycles. The van der Waals surface area contributed by atoms with Crippen LogP contribution in [0.4, 0.5) is 30.7 Å². The molecule has 14 heteroatoms. The highest BCUT2D eigenvalue weighted by Crippen LogP contribution is 2.56. The molecule has 44 heavy (non-hydrogen) atoms. The van der Waals surface area contributed by atoms with Crippen LogP contribution >= 0.6 is 22.6 Å². The minimum Gasteiger partial charge on any atom is -0.334 e. The van der Waals surface area contributed by atoms with Crippen LogP contribution in [0.15, 0.2) is 71.6 Å². The normalized spacial score (nSPS) is 20.5. The highest BCUT2D eigenvalue weighted by Gasteiger charge is 2.73. The van der Waals surface area contributed by atoms with Crippen molar-refractivity contribution in [1.82, 2.24) is 4.90 Å². The topological polar surface area (TPSA) is 78.2 Å². The van der Waals surface area contributed by atoms with Crippen molar-refractivity contribution in [3.05, 3.63) is 98.1 Å². The van der Waals surface area contributed by atoms with E-state index in [1.165, 1.54) is 41.3 Å². The first-order valence-electron chi connectivity index (χ1n) is 13.2. The van der Waals surface area contributed by atoms with Crippen molar-refractivity contribution in [3.8, 4) is 6.07 Å². The number of hydrogen-bond acceptors (Lipinski definition) is 4. The number of carbonyl (C=O) groups is 1. The van der Waals surface area contributed by atoms with Crippen LogP contribution in [0.2, 0.25) is 0 Å². The number of aryl methyl sites for hydroxylation is 1. The van der Waals surface area contributed by atoms with E-state index in [0.717, 1.165) is 6.07 Å².